The van der Waals surface area contributed by atoms with E-state index < -0.39 is 0 Å². The summed E-state index contributed by atoms with van der Waals surface area (Å²) in [7, 11) is 0. The summed E-state index contributed by atoms with van der Waals surface area (Å²) in [6.45, 7) is 9.55. The molecule has 0 unspecified atom stereocenters. The van der Waals surface area contributed by atoms with Gasteiger partial charge in [-0.15, -0.1) is 0 Å². The zero-order valence-corrected chi connectivity index (χ0v) is 59.3. The molecule has 4 heteroatoms. The highest BCUT2D eigenvalue weighted by Crippen LogP contribution is 2.57. The molecule has 106 heavy (non-hydrogen) atoms. The fourth-order valence-corrected chi connectivity index (χ4v) is 19.1. The van der Waals surface area contributed by atoms with Crippen molar-refractivity contribution in [2.24, 2.45) is 0 Å². The summed E-state index contributed by atoms with van der Waals surface area (Å²) >= 11 is 0. The zero-order valence-electron chi connectivity index (χ0n) is 59.3. The van der Waals surface area contributed by atoms with Gasteiger partial charge in [0.1, 0.15) is 0 Å². The van der Waals surface area contributed by atoms with Crippen molar-refractivity contribution < 1.29 is 0 Å². The summed E-state index contributed by atoms with van der Waals surface area (Å²) in [6.07, 6.45) is 0. The topological polar surface area (TPSA) is 19.7 Å². The minimum atomic E-state index is -0.151. The van der Waals surface area contributed by atoms with Gasteiger partial charge in [-0.25, -0.2) is 0 Å². The Morgan fingerprint density at radius 3 is 0.953 bits per heavy atom. The van der Waals surface area contributed by atoms with Gasteiger partial charge in [-0.05, 0) is 198 Å². The molecule has 0 N–H and O–H groups in total. The van der Waals surface area contributed by atoms with Crippen molar-refractivity contribution in [1.82, 2.24) is 18.3 Å². The van der Waals surface area contributed by atoms with E-state index in [9.17, 15) is 0 Å². The maximum absolute atomic E-state index is 2.52. The number of nitrogens with zero attached hydrogens (tertiary/aromatic N) is 4. The first-order chi connectivity index (χ1) is 52.1. The molecule has 498 valence electrons. The van der Waals surface area contributed by atoms with Gasteiger partial charge < -0.3 is 18.3 Å². The van der Waals surface area contributed by atoms with Gasteiger partial charge in [0.15, 0.2) is 0 Å². The second kappa shape index (κ2) is 22.6. The molecule has 0 bridgehead atoms. The van der Waals surface area contributed by atoms with E-state index in [0.29, 0.717) is 0 Å². The molecule has 0 saturated carbocycles. The minimum Gasteiger partial charge on any atom is -0.309 e. The summed E-state index contributed by atoms with van der Waals surface area (Å²) in [5.41, 5.74) is 30.3. The quantitative estimate of drug-likeness (QED) is 0.158. The minimum absolute atomic E-state index is 0.0983. The zero-order chi connectivity index (χ0) is 70.3. The lowest BCUT2D eigenvalue weighted by atomic mass is 9.81. The molecule has 21 aromatic rings. The Labute approximate surface area is 613 Å². The molecule has 0 saturated heterocycles. The fraction of sp³-hybridized carbons (Fsp3) is 0.0588. The SMILES string of the molecule is CC1(C)c2ccc3ccccc3c2-c2c1cc(-n1c3ccccc3c3cc(-c4ccc5c(c4)c4ccccc4n5-c4ccccc4)ccc31)c1ccccc21.CC1(C)c2ccccc2-c2c1cc(-n1c3ccccc3c3cc(-c4ccc5c(c4)c4ccccc4n5-c4ccccc4)ccc31)c1ccccc21. The summed E-state index contributed by atoms with van der Waals surface area (Å²) < 4.78 is 9.79. The number of hydrogen-bond acceptors (Lipinski definition) is 0. The average Bonchev–Trinajstić information content (AvgIpc) is 1.54. The normalized spacial score (nSPS) is 13.4. The molecule has 0 spiro atoms. The third kappa shape index (κ3) is 8.58. The van der Waals surface area contributed by atoms with Gasteiger partial charge in [-0.2, -0.15) is 0 Å². The van der Waals surface area contributed by atoms with Crippen LogP contribution in [0.5, 0.6) is 0 Å². The predicted octanol–water partition coefficient (Wildman–Crippen LogP) is 27.2. The van der Waals surface area contributed by atoms with E-state index in [4.69, 9.17) is 0 Å². The molecule has 0 aliphatic heterocycles. The van der Waals surface area contributed by atoms with Crippen LogP contribution >= 0.6 is 0 Å². The third-order valence-electron chi connectivity index (χ3n) is 24.0. The van der Waals surface area contributed by atoms with Gasteiger partial charge in [0.05, 0.1) is 55.5 Å². The van der Waals surface area contributed by atoms with E-state index >= 15 is 0 Å². The van der Waals surface area contributed by atoms with E-state index in [0.717, 1.165) is 0 Å². The Bertz CT molecular complexity index is 7310. The average molecular weight is 1350 g/mol. The molecule has 0 amide bonds. The molecule has 4 aromatic heterocycles. The smallest absolute Gasteiger partial charge is 0.0544 e. The first-order valence-corrected chi connectivity index (χ1v) is 37.1. The maximum Gasteiger partial charge on any atom is 0.0544 e. The lowest BCUT2D eigenvalue weighted by molar-refractivity contribution is 0.660. The molecule has 2 aliphatic carbocycles. The van der Waals surface area contributed by atoms with Gasteiger partial charge in [-0.3, -0.25) is 0 Å². The third-order valence-corrected chi connectivity index (χ3v) is 24.0. The van der Waals surface area contributed by atoms with Crippen molar-refractivity contribution in [3.8, 4) is 67.3 Å². The monoisotopic (exact) mass is 1350 g/mol. The van der Waals surface area contributed by atoms with Crippen LogP contribution in [0.1, 0.15) is 49.9 Å². The van der Waals surface area contributed by atoms with E-state index in [1.54, 1.807) is 0 Å². The summed E-state index contributed by atoms with van der Waals surface area (Å²) in [5, 5.41) is 17.9. The molecule has 17 aromatic carbocycles. The largest absolute Gasteiger partial charge is 0.309 e. The van der Waals surface area contributed by atoms with E-state index in [1.165, 1.54) is 209 Å². The first-order valence-electron chi connectivity index (χ1n) is 37.1. The molecule has 2 aliphatic rings. The van der Waals surface area contributed by atoms with Crippen LogP contribution < -0.4 is 0 Å². The Hall–Kier alpha value is -13.3. The van der Waals surface area contributed by atoms with Crippen molar-refractivity contribution in [1.29, 1.82) is 0 Å². The summed E-state index contributed by atoms with van der Waals surface area (Å²) in [5.74, 6) is 0. The van der Waals surface area contributed by atoms with Gasteiger partial charge in [0, 0.05) is 76.1 Å². The number of para-hydroxylation sites is 6. The van der Waals surface area contributed by atoms with Crippen LogP contribution in [-0.2, 0) is 10.8 Å². The lowest BCUT2D eigenvalue weighted by Gasteiger charge is -2.23. The van der Waals surface area contributed by atoms with Crippen LogP contribution in [0.4, 0.5) is 0 Å². The van der Waals surface area contributed by atoms with Crippen LogP contribution in [0.25, 0.3) is 187 Å². The Balaban J connectivity index is 0.000000133. The Morgan fingerprint density at radius 1 is 0.189 bits per heavy atom. The number of benzene rings is 17. The van der Waals surface area contributed by atoms with Crippen molar-refractivity contribution in [2.45, 2.75) is 38.5 Å². The second-order valence-corrected chi connectivity index (χ2v) is 30.2. The maximum atomic E-state index is 2.52. The van der Waals surface area contributed by atoms with E-state index in [1.807, 2.05) is 0 Å². The number of aromatic nitrogens is 4. The predicted molar refractivity (Wildman–Crippen MR) is 449 cm³/mol. The fourth-order valence-electron chi connectivity index (χ4n) is 19.1. The molecule has 0 fully saturated rings. The molecule has 4 heterocycles. The molecule has 0 radical (unpaired) electrons. The Morgan fingerprint density at radius 2 is 0.500 bits per heavy atom. The van der Waals surface area contributed by atoms with Crippen LogP contribution in [0.3, 0.4) is 0 Å². The van der Waals surface area contributed by atoms with Gasteiger partial charge >= 0.3 is 0 Å². The molecule has 23 rings (SSSR count). The van der Waals surface area contributed by atoms with E-state index in [-0.39, 0.29) is 10.8 Å². The lowest BCUT2D eigenvalue weighted by Crippen LogP contribution is -2.15. The summed E-state index contributed by atoms with van der Waals surface area (Å²) in [4.78, 5) is 0. The summed E-state index contributed by atoms with van der Waals surface area (Å²) in [6, 6.07) is 130. The first kappa shape index (κ1) is 60.3. The number of hydrogen-bond donors (Lipinski definition) is 0. The van der Waals surface area contributed by atoms with Crippen molar-refractivity contribution in [3.05, 3.63) is 374 Å². The van der Waals surface area contributed by atoms with Crippen molar-refractivity contribution in [2.75, 3.05) is 0 Å². The molecular weight excluding hydrogens is 1280 g/mol. The molecule has 0 atom stereocenters. The molecular formula is C102H70N4. The van der Waals surface area contributed by atoms with Crippen molar-refractivity contribution >= 4 is 120 Å². The number of fused-ring (bicyclic) bond motifs is 24. The second-order valence-electron chi connectivity index (χ2n) is 30.2. The van der Waals surface area contributed by atoms with Gasteiger partial charge in [-0.1, -0.05) is 270 Å². The standard InChI is InChI=1S/C53H36N2.C49H34N2/c1-53(2)44-27-24-33-14-6-7-17-37(33)51(44)52-41-21-9-8-18-38(41)50(32-45(52)53)55-47-23-13-11-20-40(47)43-31-35(26-29-49(43)55)34-25-28-48-42(30-34)39-19-10-12-22-46(39)54(48)36-15-4-3-5-16-36;1-49(2)41-21-11-8-20-38(41)48-37-19-7-6-16-34(37)47(30-42(48)49)51-44-23-13-10-18-36(44)40-29-32(25-27-46(40)51)31-24-26-45-39(28-31)35-17-9-12-22-43(35)50(45)33-14-4-3-5-15-33/h3-32H,1-2H3;3-30H,1-2H3. The van der Waals surface area contributed by atoms with Gasteiger partial charge in [0.2, 0.25) is 0 Å². The van der Waals surface area contributed by atoms with Crippen LogP contribution in [-0.4, -0.2) is 18.3 Å². The Kier molecular flexibility index (Phi) is 12.9. The van der Waals surface area contributed by atoms with Crippen LogP contribution in [0.2, 0.25) is 0 Å². The highest BCUT2D eigenvalue weighted by atomic mass is 15.0. The van der Waals surface area contributed by atoms with E-state index in [2.05, 4.69) is 398 Å². The molecule has 4 nitrogen and oxygen atoms in total. The number of rotatable bonds is 6. The van der Waals surface area contributed by atoms with Crippen LogP contribution in [0.15, 0.2) is 352 Å². The van der Waals surface area contributed by atoms with Crippen LogP contribution in [0, 0.1) is 0 Å². The highest BCUT2D eigenvalue weighted by Gasteiger charge is 2.40. The van der Waals surface area contributed by atoms with Gasteiger partial charge in [0.25, 0.3) is 0 Å². The van der Waals surface area contributed by atoms with Crippen molar-refractivity contribution in [3.63, 3.8) is 0 Å². The highest BCUT2D eigenvalue weighted by molar-refractivity contribution is 6.19.